The summed E-state index contributed by atoms with van der Waals surface area (Å²) in [6.45, 7) is 4.41. The molecule has 1 aromatic carbocycles. The van der Waals surface area contributed by atoms with Crippen LogP contribution in [-0.4, -0.2) is 53.2 Å². The first-order valence-corrected chi connectivity index (χ1v) is 9.77. The number of benzene rings is 1. The van der Waals surface area contributed by atoms with Crippen molar-refractivity contribution < 1.29 is 9.66 Å². The maximum atomic E-state index is 11.3. The molecule has 4 rings (SSSR count). The highest BCUT2D eigenvalue weighted by Crippen LogP contribution is 2.36. The van der Waals surface area contributed by atoms with Gasteiger partial charge in [-0.1, -0.05) is 19.3 Å². The molecule has 0 bridgehead atoms. The number of aromatic nitrogens is 1. The third kappa shape index (κ3) is 3.61. The lowest BCUT2D eigenvalue weighted by molar-refractivity contribution is -0.383. The molecule has 0 unspecified atom stereocenters. The number of nitrogens with zero attached hydrogens (tertiary/aromatic N) is 3. The molecule has 0 atom stereocenters. The number of pyridine rings is 1. The highest BCUT2D eigenvalue weighted by atomic mass is 16.6. The largest absolute Gasteiger partial charge is 0.383 e. The second-order valence-corrected chi connectivity index (χ2v) is 7.55. The Balaban J connectivity index is 1.61. The standard InChI is InChI=1S/C20H26N4O3/c25-24(26)19-5-4-18(16-6-9-21-14-17(16)19)22-15-20(7-2-1-3-8-20)23-10-12-27-13-11-23/h4-6,9,14,22H,1-3,7-8,10-13,15H2. The second kappa shape index (κ2) is 7.78. The zero-order valence-electron chi connectivity index (χ0n) is 15.5. The summed E-state index contributed by atoms with van der Waals surface area (Å²) in [6.07, 6.45) is 9.46. The fourth-order valence-electron chi connectivity index (χ4n) is 4.60. The first-order valence-electron chi connectivity index (χ1n) is 9.77. The number of fused-ring (bicyclic) bond motifs is 1. The van der Waals surface area contributed by atoms with Crippen molar-refractivity contribution in [3.05, 3.63) is 40.7 Å². The quantitative estimate of drug-likeness (QED) is 0.640. The minimum absolute atomic E-state index is 0.101. The van der Waals surface area contributed by atoms with Crippen LogP contribution < -0.4 is 5.32 Å². The van der Waals surface area contributed by atoms with E-state index in [1.165, 1.54) is 32.1 Å². The van der Waals surface area contributed by atoms with E-state index in [4.69, 9.17) is 4.74 Å². The summed E-state index contributed by atoms with van der Waals surface area (Å²) in [6, 6.07) is 5.26. The fourth-order valence-corrected chi connectivity index (χ4v) is 4.60. The fraction of sp³-hybridized carbons (Fsp3) is 0.550. The smallest absolute Gasteiger partial charge is 0.278 e. The maximum absolute atomic E-state index is 11.3. The predicted octanol–water partition coefficient (Wildman–Crippen LogP) is 3.59. The molecule has 27 heavy (non-hydrogen) atoms. The number of rotatable bonds is 5. The van der Waals surface area contributed by atoms with Crippen LogP contribution in [0.25, 0.3) is 10.8 Å². The maximum Gasteiger partial charge on any atom is 0.278 e. The van der Waals surface area contributed by atoms with Crippen LogP contribution in [0.15, 0.2) is 30.6 Å². The van der Waals surface area contributed by atoms with Crippen molar-refractivity contribution in [1.82, 2.24) is 9.88 Å². The molecular formula is C20H26N4O3. The second-order valence-electron chi connectivity index (χ2n) is 7.55. The predicted molar refractivity (Wildman–Crippen MR) is 105 cm³/mol. The van der Waals surface area contributed by atoms with Gasteiger partial charge in [-0.25, -0.2) is 0 Å². The monoisotopic (exact) mass is 370 g/mol. The van der Waals surface area contributed by atoms with E-state index in [0.717, 1.165) is 43.9 Å². The van der Waals surface area contributed by atoms with Gasteiger partial charge in [0.25, 0.3) is 5.69 Å². The van der Waals surface area contributed by atoms with Crippen LogP contribution >= 0.6 is 0 Å². The summed E-state index contributed by atoms with van der Waals surface area (Å²) >= 11 is 0. The Morgan fingerprint density at radius 1 is 1.15 bits per heavy atom. The van der Waals surface area contributed by atoms with E-state index in [-0.39, 0.29) is 16.1 Å². The Hall–Kier alpha value is -2.25. The normalized spacial score (nSPS) is 20.4. The molecule has 2 aliphatic rings. The zero-order chi connectivity index (χ0) is 18.7. The van der Waals surface area contributed by atoms with E-state index >= 15 is 0 Å². The number of anilines is 1. The molecule has 1 aliphatic carbocycles. The van der Waals surface area contributed by atoms with Crippen molar-refractivity contribution in [3.63, 3.8) is 0 Å². The Morgan fingerprint density at radius 3 is 2.67 bits per heavy atom. The molecule has 0 amide bonds. The van der Waals surface area contributed by atoms with Crippen LogP contribution in [0.5, 0.6) is 0 Å². The summed E-state index contributed by atoms with van der Waals surface area (Å²) in [4.78, 5) is 17.7. The van der Waals surface area contributed by atoms with Gasteiger partial charge in [-0.3, -0.25) is 20.0 Å². The van der Waals surface area contributed by atoms with Gasteiger partial charge in [-0.05, 0) is 25.0 Å². The van der Waals surface area contributed by atoms with Gasteiger partial charge in [0, 0.05) is 54.7 Å². The average molecular weight is 370 g/mol. The average Bonchev–Trinajstić information content (AvgIpc) is 2.73. The van der Waals surface area contributed by atoms with Gasteiger partial charge < -0.3 is 10.1 Å². The summed E-state index contributed by atoms with van der Waals surface area (Å²) < 4.78 is 5.56. The topological polar surface area (TPSA) is 80.5 Å². The number of hydrogen-bond donors (Lipinski definition) is 1. The van der Waals surface area contributed by atoms with E-state index in [9.17, 15) is 10.1 Å². The van der Waals surface area contributed by atoms with Crippen molar-refractivity contribution >= 4 is 22.1 Å². The number of nitro groups is 1. The molecule has 1 N–H and O–H groups in total. The van der Waals surface area contributed by atoms with E-state index < -0.39 is 0 Å². The Labute approximate surface area is 158 Å². The molecule has 0 radical (unpaired) electrons. The van der Waals surface area contributed by atoms with Gasteiger partial charge >= 0.3 is 0 Å². The number of nitro benzene ring substituents is 1. The third-order valence-corrected chi connectivity index (χ3v) is 6.07. The lowest BCUT2D eigenvalue weighted by Gasteiger charge is -2.48. The van der Waals surface area contributed by atoms with Crippen LogP contribution in [-0.2, 0) is 4.74 Å². The Kier molecular flexibility index (Phi) is 5.22. The van der Waals surface area contributed by atoms with Crippen LogP contribution in [0.1, 0.15) is 32.1 Å². The minimum atomic E-state index is -0.343. The van der Waals surface area contributed by atoms with E-state index in [2.05, 4.69) is 15.2 Å². The molecule has 0 spiro atoms. The number of nitrogens with one attached hydrogen (secondary N) is 1. The van der Waals surface area contributed by atoms with Gasteiger partial charge in [0.05, 0.1) is 23.5 Å². The first kappa shape index (κ1) is 18.1. The van der Waals surface area contributed by atoms with Crippen molar-refractivity contribution in [2.45, 2.75) is 37.6 Å². The number of morpholine rings is 1. The summed E-state index contributed by atoms with van der Waals surface area (Å²) in [5.41, 5.74) is 1.18. The highest BCUT2D eigenvalue weighted by Gasteiger charge is 2.38. The molecule has 1 saturated heterocycles. The van der Waals surface area contributed by atoms with Crippen molar-refractivity contribution in [1.29, 1.82) is 0 Å². The molecule has 1 saturated carbocycles. The Morgan fingerprint density at radius 2 is 1.93 bits per heavy atom. The molecule has 2 aromatic rings. The summed E-state index contributed by atoms with van der Waals surface area (Å²) in [5, 5.41) is 16.4. The van der Waals surface area contributed by atoms with E-state index in [0.29, 0.717) is 5.39 Å². The van der Waals surface area contributed by atoms with E-state index in [1.54, 1.807) is 18.5 Å². The summed E-state index contributed by atoms with van der Waals surface area (Å²) in [5.74, 6) is 0. The van der Waals surface area contributed by atoms with Gasteiger partial charge in [-0.15, -0.1) is 0 Å². The minimum Gasteiger partial charge on any atom is -0.383 e. The summed E-state index contributed by atoms with van der Waals surface area (Å²) in [7, 11) is 0. The molecule has 7 nitrogen and oxygen atoms in total. The molecule has 2 fully saturated rings. The van der Waals surface area contributed by atoms with Crippen LogP contribution in [0.2, 0.25) is 0 Å². The lowest BCUT2D eigenvalue weighted by Crippen LogP contribution is -2.57. The van der Waals surface area contributed by atoms with Crippen molar-refractivity contribution in [3.8, 4) is 0 Å². The SMILES string of the molecule is O=[N+]([O-])c1ccc(NCC2(N3CCOCC3)CCCCC2)c2ccncc12. The molecule has 1 aliphatic heterocycles. The van der Waals surface area contributed by atoms with Gasteiger partial charge in [-0.2, -0.15) is 0 Å². The van der Waals surface area contributed by atoms with Gasteiger partial charge in [0.1, 0.15) is 0 Å². The number of non-ortho nitro benzene ring substituents is 1. The molecule has 144 valence electrons. The van der Waals surface area contributed by atoms with E-state index in [1.807, 2.05) is 12.1 Å². The van der Waals surface area contributed by atoms with Gasteiger partial charge in [0.15, 0.2) is 0 Å². The number of hydrogen-bond acceptors (Lipinski definition) is 6. The highest BCUT2D eigenvalue weighted by molar-refractivity contribution is 5.99. The molecule has 1 aromatic heterocycles. The molecular weight excluding hydrogens is 344 g/mol. The molecule has 7 heteroatoms. The third-order valence-electron chi connectivity index (χ3n) is 6.07. The van der Waals surface area contributed by atoms with Crippen molar-refractivity contribution in [2.24, 2.45) is 0 Å². The lowest BCUT2D eigenvalue weighted by atomic mass is 9.79. The zero-order valence-corrected chi connectivity index (χ0v) is 15.5. The van der Waals surface area contributed by atoms with Crippen LogP contribution in [0.3, 0.4) is 0 Å². The van der Waals surface area contributed by atoms with Crippen molar-refractivity contribution in [2.75, 3.05) is 38.2 Å². The molecule has 2 heterocycles. The first-order chi connectivity index (χ1) is 13.2. The Bertz CT molecular complexity index is 814. The number of ether oxygens (including phenoxy) is 1. The van der Waals surface area contributed by atoms with Crippen LogP contribution in [0, 0.1) is 10.1 Å². The van der Waals surface area contributed by atoms with Gasteiger partial charge in [0.2, 0.25) is 0 Å². The van der Waals surface area contributed by atoms with Crippen LogP contribution in [0.4, 0.5) is 11.4 Å².